The molecule has 0 amide bonds. The smallest absolute Gasteiger partial charge is 0.250 e. The van der Waals surface area contributed by atoms with E-state index in [2.05, 4.69) is 20.3 Å². The summed E-state index contributed by atoms with van der Waals surface area (Å²) in [6, 6.07) is 8.19. The second kappa shape index (κ2) is 6.13. The van der Waals surface area contributed by atoms with Crippen molar-refractivity contribution < 1.29 is 0 Å². The van der Waals surface area contributed by atoms with Crippen molar-refractivity contribution >= 4 is 16.9 Å². The van der Waals surface area contributed by atoms with Crippen LogP contribution in [0.4, 0.5) is 5.82 Å². The first-order chi connectivity index (χ1) is 11.7. The number of hydrogen-bond acceptors (Lipinski definition) is 4. The zero-order valence-corrected chi connectivity index (χ0v) is 13.4. The van der Waals surface area contributed by atoms with Gasteiger partial charge >= 0.3 is 0 Å². The largest absolute Gasteiger partial charge is 0.369 e. The van der Waals surface area contributed by atoms with E-state index >= 15 is 0 Å². The third-order valence-electron chi connectivity index (χ3n) is 4.74. The molecular formula is C18H21N5O. The van der Waals surface area contributed by atoms with Gasteiger partial charge in [0.25, 0.3) is 0 Å². The van der Waals surface area contributed by atoms with E-state index in [1.165, 1.54) is 0 Å². The van der Waals surface area contributed by atoms with E-state index in [0.717, 1.165) is 53.7 Å². The van der Waals surface area contributed by atoms with Crippen molar-refractivity contribution in [3.63, 3.8) is 0 Å². The minimum absolute atomic E-state index is 0.110. The van der Waals surface area contributed by atoms with Crippen LogP contribution in [0.25, 0.3) is 22.2 Å². The molecule has 6 heteroatoms. The van der Waals surface area contributed by atoms with Crippen LogP contribution in [0.3, 0.4) is 0 Å². The maximum Gasteiger partial charge on any atom is 0.250 e. The molecule has 0 atom stereocenters. The number of rotatable bonds is 3. The fourth-order valence-electron chi connectivity index (χ4n) is 3.45. The maximum absolute atomic E-state index is 12.1. The number of pyridine rings is 2. The Morgan fingerprint density at radius 1 is 1.21 bits per heavy atom. The van der Waals surface area contributed by atoms with Crippen LogP contribution in [-0.4, -0.2) is 27.0 Å². The Labute approximate surface area is 139 Å². The molecule has 1 fully saturated rings. The molecule has 1 aliphatic rings. The van der Waals surface area contributed by atoms with Crippen molar-refractivity contribution in [3.8, 4) is 11.1 Å². The molecule has 24 heavy (non-hydrogen) atoms. The minimum Gasteiger partial charge on any atom is -0.369 e. The number of aromatic nitrogens is 3. The van der Waals surface area contributed by atoms with E-state index in [1.807, 2.05) is 24.4 Å². The molecule has 0 radical (unpaired) electrons. The third kappa shape index (κ3) is 2.92. The van der Waals surface area contributed by atoms with Crippen LogP contribution in [0.15, 0.2) is 41.5 Å². The van der Waals surface area contributed by atoms with Gasteiger partial charge in [0.15, 0.2) is 0 Å². The van der Waals surface area contributed by atoms with E-state index < -0.39 is 0 Å². The van der Waals surface area contributed by atoms with Gasteiger partial charge < -0.3 is 21.0 Å². The van der Waals surface area contributed by atoms with Gasteiger partial charge in [-0.3, -0.25) is 4.79 Å². The molecular weight excluding hydrogens is 302 g/mol. The summed E-state index contributed by atoms with van der Waals surface area (Å²) in [5, 5.41) is 4.47. The molecule has 0 unspecified atom stereocenters. The average Bonchev–Trinajstić information content (AvgIpc) is 3.01. The Hall–Kier alpha value is -2.60. The van der Waals surface area contributed by atoms with Gasteiger partial charge in [-0.25, -0.2) is 4.98 Å². The molecule has 3 heterocycles. The lowest BCUT2D eigenvalue weighted by Gasteiger charge is -2.27. The highest BCUT2D eigenvalue weighted by molar-refractivity contribution is 5.93. The van der Waals surface area contributed by atoms with E-state index in [9.17, 15) is 4.79 Å². The van der Waals surface area contributed by atoms with E-state index in [0.29, 0.717) is 12.1 Å². The third-order valence-corrected chi connectivity index (χ3v) is 4.74. The number of nitrogens with one attached hydrogen (secondary N) is 3. The van der Waals surface area contributed by atoms with Crippen LogP contribution < -0.4 is 16.6 Å². The highest BCUT2D eigenvalue weighted by Crippen LogP contribution is 2.28. The average molecular weight is 323 g/mol. The van der Waals surface area contributed by atoms with Gasteiger partial charge in [-0.15, -0.1) is 0 Å². The first-order valence-electron chi connectivity index (χ1n) is 8.38. The number of aromatic amines is 2. The molecule has 3 aromatic heterocycles. The first-order valence-corrected chi connectivity index (χ1v) is 8.38. The summed E-state index contributed by atoms with van der Waals surface area (Å²) in [5.41, 5.74) is 8.54. The van der Waals surface area contributed by atoms with Gasteiger partial charge in [0, 0.05) is 41.5 Å². The van der Waals surface area contributed by atoms with E-state index in [4.69, 9.17) is 5.73 Å². The van der Waals surface area contributed by atoms with Crippen molar-refractivity contribution in [2.24, 2.45) is 5.73 Å². The fourth-order valence-corrected chi connectivity index (χ4v) is 3.45. The Morgan fingerprint density at radius 2 is 2.04 bits per heavy atom. The number of nitrogens with two attached hydrogens (primary N) is 1. The Kier molecular flexibility index (Phi) is 3.82. The number of H-pyrrole nitrogens is 2. The highest BCUT2D eigenvalue weighted by atomic mass is 16.1. The van der Waals surface area contributed by atoms with Crippen LogP contribution >= 0.6 is 0 Å². The summed E-state index contributed by atoms with van der Waals surface area (Å²) >= 11 is 0. The Balaban J connectivity index is 1.65. The van der Waals surface area contributed by atoms with Gasteiger partial charge in [-0.2, -0.15) is 0 Å². The van der Waals surface area contributed by atoms with Gasteiger partial charge in [-0.05, 0) is 49.4 Å². The summed E-state index contributed by atoms with van der Waals surface area (Å²) in [7, 11) is 0. The van der Waals surface area contributed by atoms with Gasteiger partial charge in [0.1, 0.15) is 11.5 Å². The van der Waals surface area contributed by atoms with Crippen LogP contribution in [-0.2, 0) is 0 Å². The number of nitrogens with zero attached hydrogens (tertiary/aromatic N) is 1. The minimum atomic E-state index is -0.110. The zero-order chi connectivity index (χ0) is 16.5. The molecule has 124 valence electrons. The number of anilines is 1. The SMILES string of the molecule is N[C@H]1CC[C@H](Nc2cc(-c3c[nH]c4ncccc34)cc(=O)[nH]2)CC1. The van der Waals surface area contributed by atoms with Gasteiger partial charge in [0.05, 0.1) is 0 Å². The molecule has 0 bridgehead atoms. The predicted molar refractivity (Wildman–Crippen MR) is 96.0 cm³/mol. The number of hydrogen-bond donors (Lipinski definition) is 4. The molecule has 6 nitrogen and oxygen atoms in total. The van der Waals surface area contributed by atoms with Crippen molar-refractivity contribution in [2.75, 3.05) is 5.32 Å². The molecule has 5 N–H and O–H groups in total. The fraction of sp³-hybridized carbons (Fsp3) is 0.333. The van der Waals surface area contributed by atoms with Crippen LogP contribution in [0.5, 0.6) is 0 Å². The van der Waals surface area contributed by atoms with Crippen LogP contribution in [0, 0.1) is 0 Å². The summed E-state index contributed by atoms with van der Waals surface area (Å²) < 4.78 is 0. The normalized spacial score (nSPS) is 21.0. The summed E-state index contributed by atoms with van der Waals surface area (Å²) in [6.07, 6.45) is 7.76. The summed E-state index contributed by atoms with van der Waals surface area (Å²) in [6.45, 7) is 0. The highest BCUT2D eigenvalue weighted by Gasteiger charge is 2.18. The topological polar surface area (TPSA) is 99.6 Å². The molecule has 0 spiro atoms. The zero-order valence-electron chi connectivity index (χ0n) is 13.4. The van der Waals surface area contributed by atoms with Gasteiger partial charge in [0.2, 0.25) is 5.56 Å². The lowest BCUT2D eigenvalue weighted by atomic mass is 9.92. The van der Waals surface area contributed by atoms with Crippen molar-refractivity contribution in [1.82, 2.24) is 15.0 Å². The second-order valence-corrected chi connectivity index (χ2v) is 6.50. The molecule has 0 aliphatic heterocycles. The second-order valence-electron chi connectivity index (χ2n) is 6.50. The van der Waals surface area contributed by atoms with Crippen molar-refractivity contribution in [1.29, 1.82) is 0 Å². The van der Waals surface area contributed by atoms with Gasteiger partial charge in [-0.1, -0.05) is 0 Å². The molecule has 1 saturated carbocycles. The van der Waals surface area contributed by atoms with E-state index in [1.54, 1.807) is 12.3 Å². The quantitative estimate of drug-likeness (QED) is 0.595. The van der Waals surface area contributed by atoms with Crippen LogP contribution in [0.1, 0.15) is 25.7 Å². The Morgan fingerprint density at radius 3 is 2.88 bits per heavy atom. The molecule has 3 aromatic rings. The predicted octanol–water partition coefficient (Wildman–Crippen LogP) is 2.60. The van der Waals surface area contributed by atoms with E-state index in [-0.39, 0.29) is 5.56 Å². The Bertz CT molecular complexity index is 905. The first kappa shape index (κ1) is 15.0. The number of fused-ring (bicyclic) bond motifs is 1. The monoisotopic (exact) mass is 323 g/mol. The summed E-state index contributed by atoms with van der Waals surface area (Å²) in [5.74, 6) is 0.760. The molecule has 0 aromatic carbocycles. The van der Waals surface area contributed by atoms with Crippen LogP contribution in [0.2, 0.25) is 0 Å². The molecule has 1 aliphatic carbocycles. The molecule has 4 rings (SSSR count). The lowest BCUT2D eigenvalue weighted by Crippen LogP contribution is -2.33. The standard InChI is InChI=1S/C18H21N5O/c19-12-3-5-13(6-4-12)22-16-8-11(9-17(24)23-16)15-10-21-18-14(15)2-1-7-20-18/h1-2,7-10,12-13H,3-6,19H2,(H,20,21)(H2,22,23,24)/t12-,13-. The molecule has 0 saturated heterocycles. The maximum atomic E-state index is 12.1. The van der Waals surface area contributed by atoms with Crippen molar-refractivity contribution in [3.05, 3.63) is 47.0 Å². The lowest BCUT2D eigenvalue weighted by molar-refractivity contribution is 0.410. The summed E-state index contributed by atoms with van der Waals surface area (Å²) in [4.78, 5) is 22.4. The van der Waals surface area contributed by atoms with Crippen molar-refractivity contribution in [2.45, 2.75) is 37.8 Å².